The molecule has 0 spiro atoms. The van der Waals surface area contributed by atoms with Crippen LogP contribution < -0.4 is 10.2 Å². The van der Waals surface area contributed by atoms with Crippen molar-refractivity contribution in [3.05, 3.63) is 30.1 Å². The maximum absolute atomic E-state index is 12.8. The number of hydrogen-bond acceptors (Lipinski definition) is 2. The van der Waals surface area contributed by atoms with Gasteiger partial charge in [0.2, 0.25) is 0 Å². The first-order chi connectivity index (χ1) is 8.58. The van der Waals surface area contributed by atoms with E-state index >= 15 is 0 Å². The van der Waals surface area contributed by atoms with Crippen molar-refractivity contribution in [1.82, 2.24) is 5.32 Å². The topological polar surface area (TPSA) is 69.6 Å². The largest absolute Gasteiger partial charge is 0.481 e. The number of carboxylic acids is 1. The Morgan fingerprint density at radius 1 is 1.44 bits per heavy atom. The van der Waals surface area contributed by atoms with Gasteiger partial charge in [-0.3, -0.25) is 9.69 Å². The van der Waals surface area contributed by atoms with Crippen LogP contribution in [-0.2, 0) is 4.79 Å². The molecule has 1 aliphatic rings. The predicted molar refractivity (Wildman–Crippen MR) is 62.9 cm³/mol. The number of amides is 2. The number of nitrogens with one attached hydrogen (secondary N) is 1. The van der Waals surface area contributed by atoms with Gasteiger partial charge in [0, 0.05) is 18.7 Å². The van der Waals surface area contributed by atoms with Gasteiger partial charge in [-0.15, -0.1) is 0 Å². The molecule has 0 aliphatic carbocycles. The van der Waals surface area contributed by atoms with Crippen molar-refractivity contribution in [1.29, 1.82) is 0 Å². The molecule has 6 heteroatoms. The summed E-state index contributed by atoms with van der Waals surface area (Å²) >= 11 is 0. The number of nitrogens with zero attached hydrogens (tertiary/aromatic N) is 1. The highest BCUT2D eigenvalue weighted by Crippen LogP contribution is 2.23. The SMILES string of the molecule is O=C(O)CCC1CNC(=O)N1c1ccc(F)cc1. The van der Waals surface area contributed by atoms with Crippen LogP contribution in [0.1, 0.15) is 12.8 Å². The number of rotatable bonds is 4. The Morgan fingerprint density at radius 3 is 2.72 bits per heavy atom. The number of benzene rings is 1. The Bertz CT molecular complexity index is 461. The van der Waals surface area contributed by atoms with Crippen molar-refractivity contribution in [2.24, 2.45) is 0 Å². The quantitative estimate of drug-likeness (QED) is 0.854. The molecular weight excluding hydrogens is 239 g/mol. The Hall–Kier alpha value is -2.11. The Morgan fingerprint density at radius 2 is 2.11 bits per heavy atom. The zero-order valence-corrected chi connectivity index (χ0v) is 9.60. The van der Waals surface area contributed by atoms with Crippen LogP contribution in [0.4, 0.5) is 14.9 Å². The lowest BCUT2D eigenvalue weighted by Crippen LogP contribution is -2.34. The van der Waals surface area contributed by atoms with Gasteiger partial charge in [-0.1, -0.05) is 0 Å². The summed E-state index contributed by atoms with van der Waals surface area (Å²) in [6.45, 7) is 0.406. The van der Waals surface area contributed by atoms with Crippen molar-refractivity contribution >= 4 is 17.7 Å². The minimum Gasteiger partial charge on any atom is -0.481 e. The third-order valence-electron chi connectivity index (χ3n) is 2.87. The molecule has 1 fully saturated rings. The number of aliphatic carboxylic acids is 1. The van der Waals surface area contributed by atoms with E-state index < -0.39 is 5.97 Å². The van der Waals surface area contributed by atoms with E-state index in [9.17, 15) is 14.0 Å². The normalized spacial score (nSPS) is 18.8. The van der Waals surface area contributed by atoms with E-state index in [1.165, 1.54) is 29.2 Å². The van der Waals surface area contributed by atoms with Gasteiger partial charge in [0.25, 0.3) is 0 Å². The Balaban J connectivity index is 2.14. The standard InChI is InChI=1S/C12H13FN2O3/c13-8-1-3-9(4-2-8)15-10(5-6-11(16)17)7-14-12(15)18/h1-4,10H,5-7H2,(H,14,18)(H,16,17). The highest BCUT2D eigenvalue weighted by atomic mass is 19.1. The second-order valence-electron chi connectivity index (χ2n) is 4.12. The van der Waals surface area contributed by atoms with Crippen LogP contribution in [0, 0.1) is 5.82 Å². The number of carbonyl (C=O) groups excluding carboxylic acids is 1. The van der Waals surface area contributed by atoms with Crippen LogP contribution in [0.5, 0.6) is 0 Å². The fourth-order valence-electron chi connectivity index (χ4n) is 2.00. The highest BCUT2D eigenvalue weighted by Gasteiger charge is 2.31. The average Bonchev–Trinajstić information content (AvgIpc) is 2.69. The lowest BCUT2D eigenvalue weighted by atomic mass is 10.1. The van der Waals surface area contributed by atoms with Crippen LogP contribution in [-0.4, -0.2) is 29.7 Å². The molecule has 5 nitrogen and oxygen atoms in total. The second kappa shape index (κ2) is 5.03. The van der Waals surface area contributed by atoms with Crippen molar-refractivity contribution in [2.75, 3.05) is 11.4 Å². The van der Waals surface area contributed by atoms with E-state index in [0.29, 0.717) is 18.7 Å². The number of hydrogen-bond donors (Lipinski definition) is 2. The van der Waals surface area contributed by atoms with E-state index in [-0.39, 0.29) is 24.3 Å². The number of anilines is 1. The first-order valence-electron chi connectivity index (χ1n) is 5.62. The summed E-state index contributed by atoms with van der Waals surface area (Å²) in [4.78, 5) is 23.7. The van der Waals surface area contributed by atoms with Crippen LogP contribution >= 0.6 is 0 Å². The maximum Gasteiger partial charge on any atom is 0.322 e. The van der Waals surface area contributed by atoms with Crippen molar-refractivity contribution in [2.45, 2.75) is 18.9 Å². The summed E-state index contributed by atoms with van der Waals surface area (Å²) < 4.78 is 12.8. The molecule has 2 amide bonds. The van der Waals surface area contributed by atoms with Crippen LogP contribution in [0.25, 0.3) is 0 Å². The predicted octanol–water partition coefficient (Wildman–Crippen LogP) is 1.59. The van der Waals surface area contributed by atoms with Gasteiger partial charge in [-0.05, 0) is 30.7 Å². The molecule has 0 radical (unpaired) electrons. The van der Waals surface area contributed by atoms with Gasteiger partial charge >= 0.3 is 12.0 Å². The molecule has 1 heterocycles. The maximum atomic E-state index is 12.8. The summed E-state index contributed by atoms with van der Waals surface area (Å²) in [7, 11) is 0. The molecule has 2 N–H and O–H groups in total. The number of carbonyl (C=O) groups is 2. The van der Waals surface area contributed by atoms with E-state index in [1.807, 2.05) is 0 Å². The molecule has 1 aliphatic heterocycles. The van der Waals surface area contributed by atoms with E-state index in [0.717, 1.165) is 0 Å². The lowest BCUT2D eigenvalue weighted by Gasteiger charge is -2.22. The van der Waals surface area contributed by atoms with Crippen molar-refractivity contribution in [3.8, 4) is 0 Å². The smallest absolute Gasteiger partial charge is 0.322 e. The molecule has 1 saturated heterocycles. The van der Waals surface area contributed by atoms with E-state index in [4.69, 9.17) is 5.11 Å². The van der Waals surface area contributed by atoms with Crippen LogP contribution in [0.2, 0.25) is 0 Å². The van der Waals surface area contributed by atoms with E-state index in [2.05, 4.69) is 5.32 Å². The van der Waals surface area contributed by atoms with Gasteiger partial charge in [0.1, 0.15) is 5.82 Å². The first-order valence-corrected chi connectivity index (χ1v) is 5.62. The average molecular weight is 252 g/mol. The van der Waals surface area contributed by atoms with Gasteiger partial charge in [0.05, 0.1) is 6.04 Å². The summed E-state index contributed by atoms with van der Waals surface area (Å²) in [5.74, 6) is -1.27. The highest BCUT2D eigenvalue weighted by molar-refractivity contribution is 5.95. The fraction of sp³-hybridized carbons (Fsp3) is 0.333. The minimum absolute atomic E-state index is 0.00266. The summed E-state index contributed by atoms with van der Waals surface area (Å²) in [5, 5.41) is 11.3. The Kier molecular flexibility index (Phi) is 3.45. The zero-order chi connectivity index (χ0) is 13.1. The number of carboxylic acid groups (broad SMARTS) is 1. The van der Waals surface area contributed by atoms with Crippen molar-refractivity contribution in [3.63, 3.8) is 0 Å². The third-order valence-corrected chi connectivity index (χ3v) is 2.87. The van der Waals surface area contributed by atoms with Gasteiger partial charge in [-0.2, -0.15) is 0 Å². The lowest BCUT2D eigenvalue weighted by molar-refractivity contribution is -0.137. The summed E-state index contributed by atoms with van der Waals surface area (Å²) in [6, 6.07) is 5.07. The molecule has 18 heavy (non-hydrogen) atoms. The monoisotopic (exact) mass is 252 g/mol. The van der Waals surface area contributed by atoms with Gasteiger partial charge < -0.3 is 10.4 Å². The van der Waals surface area contributed by atoms with E-state index in [1.54, 1.807) is 0 Å². The summed E-state index contributed by atoms with van der Waals surface area (Å²) in [5.41, 5.74) is 0.571. The second-order valence-corrected chi connectivity index (χ2v) is 4.12. The minimum atomic E-state index is -0.895. The molecule has 1 aromatic carbocycles. The fourth-order valence-corrected chi connectivity index (χ4v) is 2.00. The van der Waals surface area contributed by atoms with Crippen LogP contribution in [0.3, 0.4) is 0 Å². The zero-order valence-electron chi connectivity index (χ0n) is 9.60. The van der Waals surface area contributed by atoms with Gasteiger partial charge in [-0.25, -0.2) is 9.18 Å². The molecule has 2 rings (SSSR count). The molecule has 0 aromatic heterocycles. The third kappa shape index (κ3) is 2.58. The molecule has 1 unspecified atom stereocenters. The van der Waals surface area contributed by atoms with Crippen LogP contribution in [0.15, 0.2) is 24.3 Å². The molecule has 1 aromatic rings. The Labute approximate surface area is 103 Å². The molecule has 96 valence electrons. The van der Waals surface area contributed by atoms with Gasteiger partial charge in [0.15, 0.2) is 0 Å². The molecule has 0 saturated carbocycles. The molecule has 1 atom stereocenters. The number of urea groups is 1. The molecular formula is C12H13FN2O3. The molecule has 0 bridgehead atoms. The number of halogens is 1. The first kappa shape index (κ1) is 12.3. The summed E-state index contributed by atoms with van der Waals surface area (Å²) in [6.07, 6.45) is 0.364. The van der Waals surface area contributed by atoms with Crippen molar-refractivity contribution < 1.29 is 19.1 Å².